The van der Waals surface area contributed by atoms with Gasteiger partial charge in [0, 0.05) is 12.7 Å². The van der Waals surface area contributed by atoms with Gasteiger partial charge in [0.05, 0.1) is 18.7 Å². The second-order valence-corrected chi connectivity index (χ2v) is 3.73. The van der Waals surface area contributed by atoms with Gasteiger partial charge in [0.25, 0.3) is 0 Å². The van der Waals surface area contributed by atoms with Crippen LogP contribution in [-0.2, 0) is 11.3 Å². The Morgan fingerprint density at radius 2 is 2.29 bits per heavy atom. The second kappa shape index (κ2) is 4.58. The first kappa shape index (κ1) is 11.7. The zero-order chi connectivity index (χ0) is 12.4. The molecule has 0 saturated heterocycles. The van der Waals surface area contributed by atoms with E-state index in [1.54, 1.807) is 6.92 Å². The van der Waals surface area contributed by atoms with Crippen molar-refractivity contribution in [1.82, 2.24) is 9.99 Å². The molecule has 1 aliphatic rings. The lowest BCUT2D eigenvalue weighted by atomic mass is 10.2. The molecule has 0 fully saturated rings. The molecule has 0 amide bonds. The number of carbonyl (C=O) groups excluding carboxylic acids is 1. The fourth-order valence-corrected chi connectivity index (χ4v) is 1.76. The van der Waals surface area contributed by atoms with E-state index in [2.05, 4.69) is 10.4 Å². The Hall–Kier alpha value is -1.82. The average molecular weight is 237 g/mol. The van der Waals surface area contributed by atoms with Crippen LogP contribution in [0.4, 0.5) is 5.82 Å². The van der Waals surface area contributed by atoms with E-state index in [0.717, 1.165) is 6.54 Å². The van der Waals surface area contributed by atoms with E-state index in [1.165, 1.54) is 6.20 Å². The number of hydrogen-bond acceptors (Lipinski definition) is 5. The van der Waals surface area contributed by atoms with E-state index < -0.39 is 5.97 Å². The number of fused-ring (bicyclic) bond motifs is 1. The molecule has 0 spiro atoms. The van der Waals surface area contributed by atoms with E-state index >= 15 is 0 Å². The Balaban J connectivity index is 2.36. The van der Waals surface area contributed by atoms with Crippen LogP contribution in [0.3, 0.4) is 0 Å². The van der Waals surface area contributed by atoms with Gasteiger partial charge in [0.2, 0.25) is 5.43 Å². The summed E-state index contributed by atoms with van der Waals surface area (Å²) in [6.07, 6.45) is 1.39. The van der Waals surface area contributed by atoms with Gasteiger partial charge >= 0.3 is 5.97 Å². The topological polar surface area (TPSA) is 74.4 Å². The Morgan fingerprint density at radius 3 is 2.94 bits per heavy atom. The number of rotatable bonds is 3. The summed E-state index contributed by atoms with van der Waals surface area (Å²) in [6.45, 7) is 5.22. The lowest BCUT2D eigenvalue weighted by molar-refractivity contribution is 0.0524. The molecule has 0 saturated carbocycles. The summed E-state index contributed by atoms with van der Waals surface area (Å²) in [7, 11) is 0. The molecule has 0 unspecified atom stereocenters. The highest BCUT2D eigenvalue weighted by atomic mass is 16.5. The number of hydrogen-bond donors (Lipinski definition) is 2. The number of H-pyrrole nitrogens is 1. The number of pyridine rings is 1. The first-order valence-corrected chi connectivity index (χ1v) is 5.60. The maximum Gasteiger partial charge on any atom is 0.343 e. The van der Waals surface area contributed by atoms with Crippen molar-refractivity contribution in [1.29, 1.82) is 0 Å². The van der Waals surface area contributed by atoms with Crippen LogP contribution in [0.1, 0.15) is 29.8 Å². The smallest absolute Gasteiger partial charge is 0.343 e. The van der Waals surface area contributed by atoms with Crippen molar-refractivity contribution in [3.8, 4) is 0 Å². The lowest BCUT2D eigenvalue weighted by Crippen LogP contribution is -2.23. The van der Waals surface area contributed by atoms with Crippen LogP contribution in [-0.4, -0.2) is 29.1 Å². The fraction of sp³-hybridized carbons (Fsp3) is 0.455. The molecular formula is C11H15N3O3. The van der Waals surface area contributed by atoms with Crippen molar-refractivity contribution >= 4 is 11.8 Å². The molecule has 1 aliphatic heterocycles. The Bertz CT molecular complexity index is 495. The summed E-state index contributed by atoms with van der Waals surface area (Å²) in [4.78, 5) is 26.5. The molecule has 0 radical (unpaired) electrons. The number of esters is 1. The first-order valence-electron chi connectivity index (χ1n) is 5.60. The Morgan fingerprint density at radius 1 is 1.53 bits per heavy atom. The quantitative estimate of drug-likeness (QED) is 0.757. The summed E-state index contributed by atoms with van der Waals surface area (Å²) >= 11 is 0. The number of nitrogens with one attached hydrogen (secondary N) is 2. The van der Waals surface area contributed by atoms with Crippen molar-refractivity contribution < 1.29 is 9.53 Å². The first-order chi connectivity index (χ1) is 8.17. The molecule has 0 aliphatic carbocycles. The van der Waals surface area contributed by atoms with Gasteiger partial charge in [-0.15, -0.1) is 0 Å². The number of nitrogens with zero attached hydrogens (tertiary/aromatic N) is 1. The Kier molecular flexibility index (Phi) is 3.14. The van der Waals surface area contributed by atoms with Crippen molar-refractivity contribution in [2.75, 3.05) is 18.6 Å². The van der Waals surface area contributed by atoms with Crippen LogP contribution in [0, 0.1) is 0 Å². The molecule has 92 valence electrons. The highest BCUT2D eigenvalue weighted by Gasteiger charge is 2.24. The second-order valence-electron chi connectivity index (χ2n) is 3.73. The molecule has 0 atom stereocenters. The lowest BCUT2D eigenvalue weighted by Gasteiger charge is -2.11. The molecule has 2 heterocycles. The SMILES string of the molecule is CCOC(=O)c1c[nH]c2c(c1=O)CN(CC)N2. The van der Waals surface area contributed by atoms with E-state index in [-0.39, 0.29) is 17.6 Å². The number of aromatic nitrogens is 1. The highest BCUT2D eigenvalue weighted by molar-refractivity contribution is 5.89. The number of hydrazine groups is 1. The standard InChI is InChI=1S/C11H15N3O3/c1-3-14-6-8-9(15)7(11(16)17-4-2)5-12-10(8)13-14/h5H,3-4,6H2,1-2H3,(H2,12,13,15). The zero-order valence-electron chi connectivity index (χ0n) is 9.87. The van der Waals surface area contributed by atoms with Crippen molar-refractivity contribution in [2.24, 2.45) is 0 Å². The third-order valence-electron chi connectivity index (χ3n) is 2.68. The maximum atomic E-state index is 12.1. The van der Waals surface area contributed by atoms with Crippen LogP contribution in [0.25, 0.3) is 0 Å². The largest absolute Gasteiger partial charge is 0.462 e. The predicted molar refractivity (Wildman–Crippen MR) is 62.7 cm³/mol. The predicted octanol–water partition coefficient (Wildman–Crippen LogP) is 0.714. The third-order valence-corrected chi connectivity index (χ3v) is 2.68. The van der Waals surface area contributed by atoms with Crippen LogP contribution in [0.5, 0.6) is 0 Å². The minimum absolute atomic E-state index is 0.0605. The molecule has 0 aromatic carbocycles. The molecule has 1 aromatic rings. The summed E-state index contributed by atoms with van der Waals surface area (Å²) in [5.74, 6) is 0.0800. The summed E-state index contributed by atoms with van der Waals surface area (Å²) in [5.41, 5.74) is 3.43. The van der Waals surface area contributed by atoms with Crippen LogP contribution in [0.15, 0.2) is 11.0 Å². The minimum Gasteiger partial charge on any atom is -0.462 e. The summed E-state index contributed by atoms with van der Waals surface area (Å²) in [5, 5.41) is 1.89. The van der Waals surface area contributed by atoms with Crippen molar-refractivity contribution in [3.63, 3.8) is 0 Å². The Labute approximate surface area is 98.6 Å². The number of ether oxygens (including phenoxy) is 1. The summed E-state index contributed by atoms with van der Waals surface area (Å²) in [6, 6.07) is 0. The van der Waals surface area contributed by atoms with Gasteiger partial charge in [-0.1, -0.05) is 6.92 Å². The molecule has 17 heavy (non-hydrogen) atoms. The maximum absolute atomic E-state index is 12.1. The van der Waals surface area contributed by atoms with Gasteiger partial charge in [-0.05, 0) is 6.92 Å². The van der Waals surface area contributed by atoms with Gasteiger partial charge in [-0.2, -0.15) is 0 Å². The molecule has 1 aromatic heterocycles. The average Bonchev–Trinajstić information content (AvgIpc) is 2.73. The zero-order valence-corrected chi connectivity index (χ0v) is 9.87. The molecule has 2 rings (SSSR count). The van der Waals surface area contributed by atoms with E-state index in [1.807, 2.05) is 11.9 Å². The molecule has 0 bridgehead atoms. The number of carbonyl (C=O) groups is 1. The molecule has 6 heteroatoms. The van der Waals surface area contributed by atoms with Crippen LogP contribution >= 0.6 is 0 Å². The summed E-state index contributed by atoms with van der Waals surface area (Å²) < 4.78 is 4.83. The molecule has 6 nitrogen and oxygen atoms in total. The number of aromatic amines is 1. The van der Waals surface area contributed by atoms with Crippen LogP contribution < -0.4 is 10.9 Å². The van der Waals surface area contributed by atoms with Gasteiger partial charge in [-0.3, -0.25) is 4.79 Å². The van der Waals surface area contributed by atoms with Crippen molar-refractivity contribution in [3.05, 3.63) is 27.5 Å². The third kappa shape index (κ3) is 2.03. The van der Waals surface area contributed by atoms with E-state index in [0.29, 0.717) is 17.9 Å². The minimum atomic E-state index is -0.577. The molecular weight excluding hydrogens is 222 g/mol. The van der Waals surface area contributed by atoms with E-state index in [4.69, 9.17) is 4.74 Å². The fourth-order valence-electron chi connectivity index (χ4n) is 1.76. The normalized spacial score (nSPS) is 14.2. The highest BCUT2D eigenvalue weighted by Crippen LogP contribution is 2.19. The monoisotopic (exact) mass is 237 g/mol. The molecule has 2 N–H and O–H groups in total. The van der Waals surface area contributed by atoms with Gasteiger partial charge in [-0.25, -0.2) is 9.80 Å². The number of anilines is 1. The van der Waals surface area contributed by atoms with Crippen LogP contribution in [0.2, 0.25) is 0 Å². The van der Waals surface area contributed by atoms with Gasteiger partial charge in [0.15, 0.2) is 0 Å². The van der Waals surface area contributed by atoms with Crippen molar-refractivity contribution in [2.45, 2.75) is 20.4 Å². The van der Waals surface area contributed by atoms with Gasteiger partial charge < -0.3 is 15.1 Å². The van der Waals surface area contributed by atoms with Gasteiger partial charge in [0.1, 0.15) is 11.4 Å². The van der Waals surface area contributed by atoms with E-state index in [9.17, 15) is 9.59 Å².